The Morgan fingerprint density at radius 1 is 1.35 bits per heavy atom. The summed E-state index contributed by atoms with van der Waals surface area (Å²) in [7, 11) is 1.46. The summed E-state index contributed by atoms with van der Waals surface area (Å²) in [6, 6.07) is 6.84. The first-order valence-corrected chi connectivity index (χ1v) is 7.27. The highest BCUT2D eigenvalue weighted by Gasteiger charge is 2.30. The fraction of sp³-hybridized carbons (Fsp3) is 0.471. The van der Waals surface area contributed by atoms with Gasteiger partial charge in [0.2, 0.25) is 0 Å². The first-order chi connectivity index (χ1) is 10.7. The monoisotopic (exact) mass is 318 g/mol. The number of Topliss-reactive ketones (excluding diaryl/α,β-unsaturated/α-hetero) is 1. The molecule has 23 heavy (non-hydrogen) atoms. The van der Waals surface area contributed by atoms with Crippen LogP contribution in [0.5, 0.6) is 11.5 Å². The summed E-state index contributed by atoms with van der Waals surface area (Å²) in [5.74, 6) is 0.198. The first-order valence-electron chi connectivity index (χ1n) is 7.27. The molecule has 0 aliphatic rings. The van der Waals surface area contributed by atoms with Crippen LogP contribution in [-0.2, 0) is 4.79 Å². The van der Waals surface area contributed by atoms with Crippen molar-refractivity contribution < 1.29 is 19.1 Å². The number of carbonyl (C=O) groups excluding carboxylic acids is 2. The molecule has 0 aliphatic carbocycles. The van der Waals surface area contributed by atoms with E-state index in [1.807, 2.05) is 13.8 Å². The molecule has 1 aromatic carbocycles. The first kappa shape index (κ1) is 18.5. The minimum Gasteiger partial charge on any atom is -0.493 e. The zero-order chi connectivity index (χ0) is 17.6. The van der Waals surface area contributed by atoms with Crippen LogP contribution in [-0.4, -0.2) is 30.9 Å². The molecule has 0 saturated heterocycles. The lowest BCUT2D eigenvalue weighted by molar-refractivity contribution is -0.124. The van der Waals surface area contributed by atoms with E-state index in [2.05, 4.69) is 11.4 Å². The molecule has 0 aromatic heterocycles. The largest absolute Gasteiger partial charge is 0.493 e. The topological polar surface area (TPSA) is 88.4 Å². The van der Waals surface area contributed by atoms with Crippen LogP contribution >= 0.6 is 0 Å². The van der Waals surface area contributed by atoms with Crippen molar-refractivity contribution >= 4 is 11.7 Å². The Kier molecular flexibility index (Phi) is 6.14. The maximum atomic E-state index is 12.0. The normalized spacial score (nSPS) is 12.9. The van der Waals surface area contributed by atoms with Crippen molar-refractivity contribution in [3.05, 3.63) is 23.8 Å². The predicted molar refractivity (Wildman–Crippen MR) is 85.5 cm³/mol. The molecule has 0 bridgehead atoms. The number of methoxy groups -OCH3 is 1. The van der Waals surface area contributed by atoms with E-state index in [1.165, 1.54) is 14.0 Å². The number of carbonyl (C=O) groups is 2. The standard InChI is InChI=1S/C17H22N2O4/c1-11(2)17(4,10-18)19-16(21)9-23-14-7-6-13(12(3)20)8-15(14)22-5/h6-8,11H,9H2,1-5H3,(H,19,21)/t17-/m1/s1. The highest BCUT2D eigenvalue weighted by atomic mass is 16.5. The quantitative estimate of drug-likeness (QED) is 0.779. The van der Waals surface area contributed by atoms with E-state index in [4.69, 9.17) is 9.47 Å². The predicted octanol–water partition coefficient (Wildman–Crippen LogP) is 2.33. The molecule has 1 atom stereocenters. The van der Waals surface area contributed by atoms with E-state index in [-0.39, 0.29) is 18.3 Å². The van der Waals surface area contributed by atoms with E-state index >= 15 is 0 Å². The molecule has 124 valence electrons. The number of nitrogens with zero attached hydrogens (tertiary/aromatic N) is 1. The maximum absolute atomic E-state index is 12.0. The number of hydrogen-bond acceptors (Lipinski definition) is 5. The van der Waals surface area contributed by atoms with Gasteiger partial charge in [0.25, 0.3) is 5.91 Å². The molecule has 6 nitrogen and oxygen atoms in total. The molecule has 1 aromatic rings. The number of benzene rings is 1. The summed E-state index contributed by atoms with van der Waals surface area (Å²) in [6.45, 7) is 6.58. The molecular formula is C17H22N2O4. The van der Waals surface area contributed by atoms with E-state index in [1.54, 1.807) is 25.1 Å². The van der Waals surface area contributed by atoms with Crippen LogP contribution in [0.1, 0.15) is 38.1 Å². The molecule has 0 unspecified atom stereocenters. The lowest BCUT2D eigenvalue weighted by Crippen LogP contribution is -2.50. The molecule has 0 fully saturated rings. The smallest absolute Gasteiger partial charge is 0.259 e. The van der Waals surface area contributed by atoms with E-state index in [9.17, 15) is 14.9 Å². The Hall–Kier alpha value is -2.55. The van der Waals surface area contributed by atoms with Gasteiger partial charge in [0, 0.05) is 5.56 Å². The molecule has 0 saturated carbocycles. The number of rotatable bonds is 7. The van der Waals surface area contributed by atoms with Gasteiger partial charge < -0.3 is 14.8 Å². The fourth-order valence-corrected chi connectivity index (χ4v) is 1.78. The van der Waals surface area contributed by atoms with E-state index in [0.29, 0.717) is 17.1 Å². The Balaban J connectivity index is 2.77. The van der Waals surface area contributed by atoms with Crippen molar-refractivity contribution in [1.29, 1.82) is 5.26 Å². The van der Waals surface area contributed by atoms with Crippen molar-refractivity contribution in [3.63, 3.8) is 0 Å². The van der Waals surface area contributed by atoms with Gasteiger partial charge in [-0.1, -0.05) is 13.8 Å². The van der Waals surface area contributed by atoms with Gasteiger partial charge >= 0.3 is 0 Å². The third kappa shape index (κ3) is 4.71. The van der Waals surface area contributed by atoms with Gasteiger partial charge in [0.1, 0.15) is 5.54 Å². The number of amides is 1. The second kappa shape index (κ2) is 7.63. The minimum absolute atomic E-state index is 0.0409. The van der Waals surface area contributed by atoms with Crippen molar-refractivity contribution in [2.45, 2.75) is 33.2 Å². The van der Waals surface area contributed by atoms with Crippen molar-refractivity contribution in [2.75, 3.05) is 13.7 Å². The van der Waals surface area contributed by atoms with Gasteiger partial charge in [-0.15, -0.1) is 0 Å². The third-order valence-electron chi connectivity index (χ3n) is 3.71. The summed E-state index contributed by atoms with van der Waals surface area (Å²) in [4.78, 5) is 23.3. The SMILES string of the molecule is COc1cc(C(C)=O)ccc1OCC(=O)N[C@](C)(C#N)C(C)C. The van der Waals surface area contributed by atoms with Gasteiger partial charge in [-0.3, -0.25) is 9.59 Å². The molecule has 6 heteroatoms. The van der Waals surface area contributed by atoms with Crippen LogP contribution in [0.3, 0.4) is 0 Å². The van der Waals surface area contributed by atoms with Crippen molar-refractivity contribution in [3.8, 4) is 17.6 Å². The van der Waals surface area contributed by atoms with Crippen LogP contribution in [0.25, 0.3) is 0 Å². The zero-order valence-corrected chi connectivity index (χ0v) is 14.1. The highest BCUT2D eigenvalue weighted by molar-refractivity contribution is 5.94. The summed E-state index contributed by atoms with van der Waals surface area (Å²) in [5, 5.41) is 11.9. The fourth-order valence-electron chi connectivity index (χ4n) is 1.78. The molecule has 0 radical (unpaired) electrons. The number of hydrogen-bond donors (Lipinski definition) is 1. The molecule has 1 amide bonds. The minimum atomic E-state index is -0.955. The summed E-state index contributed by atoms with van der Waals surface area (Å²) in [6.07, 6.45) is 0. The summed E-state index contributed by atoms with van der Waals surface area (Å²) in [5.41, 5.74) is -0.459. The second-order valence-corrected chi connectivity index (χ2v) is 5.73. The van der Waals surface area contributed by atoms with Gasteiger partial charge in [-0.05, 0) is 38.0 Å². The van der Waals surface area contributed by atoms with Crippen molar-refractivity contribution in [2.24, 2.45) is 5.92 Å². The van der Waals surface area contributed by atoms with Crippen LogP contribution < -0.4 is 14.8 Å². The average molecular weight is 318 g/mol. The second-order valence-electron chi connectivity index (χ2n) is 5.73. The average Bonchev–Trinajstić information content (AvgIpc) is 2.52. The van der Waals surface area contributed by atoms with Gasteiger partial charge in [-0.25, -0.2) is 0 Å². The van der Waals surface area contributed by atoms with Gasteiger partial charge in [0.15, 0.2) is 23.9 Å². The van der Waals surface area contributed by atoms with Gasteiger partial charge in [-0.2, -0.15) is 5.26 Å². The molecular weight excluding hydrogens is 296 g/mol. The number of ketones is 1. The highest BCUT2D eigenvalue weighted by Crippen LogP contribution is 2.28. The number of ether oxygens (including phenoxy) is 2. The van der Waals surface area contributed by atoms with Gasteiger partial charge in [0.05, 0.1) is 13.2 Å². The molecule has 0 heterocycles. The van der Waals surface area contributed by atoms with E-state index < -0.39 is 11.4 Å². The van der Waals surface area contributed by atoms with Crippen LogP contribution in [0.4, 0.5) is 0 Å². The molecule has 1 rings (SSSR count). The van der Waals surface area contributed by atoms with Crippen LogP contribution in [0, 0.1) is 17.2 Å². The molecule has 1 N–H and O–H groups in total. The number of nitriles is 1. The van der Waals surface area contributed by atoms with E-state index in [0.717, 1.165) is 0 Å². The maximum Gasteiger partial charge on any atom is 0.259 e. The lowest BCUT2D eigenvalue weighted by atomic mass is 9.90. The third-order valence-corrected chi connectivity index (χ3v) is 3.71. The summed E-state index contributed by atoms with van der Waals surface area (Å²) < 4.78 is 10.6. The Morgan fingerprint density at radius 2 is 2.00 bits per heavy atom. The molecule has 0 aliphatic heterocycles. The Morgan fingerprint density at radius 3 is 2.48 bits per heavy atom. The number of nitrogens with one attached hydrogen (secondary N) is 1. The molecule has 0 spiro atoms. The zero-order valence-electron chi connectivity index (χ0n) is 14.1. The summed E-state index contributed by atoms with van der Waals surface area (Å²) >= 11 is 0. The van der Waals surface area contributed by atoms with Crippen molar-refractivity contribution in [1.82, 2.24) is 5.32 Å². The van der Waals surface area contributed by atoms with Crippen LogP contribution in [0.2, 0.25) is 0 Å². The Bertz CT molecular complexity index is 634. The Labute approximate surface area is 136 Å². The lowest BCUT2D eigenvalue weighted by Gasteiger charge is -2.27. The van der Waals surface area contributed by atoms with Crippen LogP contribution in [0.15, 0.2) is 18.2 Å².